The van der Waals surface area contributed by atoms with Gasteiger partial charge in [0.05, 0.1) is 19.3 Å². The number of esters is 1. The largest absolute Gasteiger partial charge is 0.573 e. The molecule has 1 fully saturated rings. The van der Waals surface area contributed by atoms with Crippen LogP contribution in [0.25, 0.3) is 0 Å². The Kier molecular flexibility index (Phi) is 10.1. The van der Waals surface area contributed by atoms with Crippen LogP contribution in [0.4, 0.5) is 18.0 Å². The standard InChI is InChI=1S/C28H35F3N2O6/c1-5-36-25(34)27(3,38-6-2)17-20-7-11-23(12-8-20)37-16-15-22-19-33(26(35)32(22)4)18-21-9-13-24(14-10-21)39-28(29,30)31/h7-14,22H,5-6,15-19H2,1-4H3. The zero-order chi connectivity index (χ0) is 28.6. The van der Waals surface area contributed by atoms with E-state index in [0.717, 1.165) is 5.56 Å². The summed E-state index contributed by atoms with van der Waals surface area (Å²) >= 11 is 0. The van der Waals surface area contributed by atoms with Gasteiger partial charge < -0.3 is 28.7 Å². The average Bonchev–Trinajstić information content (AvgIpc) is 3.13. The van der Waals surface area contributed by atoms with Crippen molar-refractivity contribution in [1.29, 1.82) is 0 Å². The van der Waals surface area contributed by atoms with Crippen LogP contribution < -0.4 is 9.47 Å². The van der Waals surface area contributed by atoms with E-state index >= 15 is 0 Å². The molecule has 0 bridgehead atoms. The maximum absolute atomic E-state index is 12.7. The summed E-state index contributed by atoms with van der Waals surface area (Å²) in [7, 11) is 1.72. The summed E-state index contributed by atoms with van der Waals surface area (Å²) in [4.78, 5) is 28.4. The summed E-state index contributed by atoms with van der Waals surface area (Å²) in [6, 6.07) is 12.7. The Morgan fingerprint density at radius 1 is 0.974 bits per heavy atom. The van der Waals surface area contributed by atoms with Gasteiger partial charge in [0.15, 0.2) is 5.60 Å². The zero-order valence-electron chi connectivity index (χ0n) is 22.6. The summed E-state index contributed by atoms with van der Waals surface area (Å²) in [5.41, 5.74) is 0.532. The number of ether oxygens (including phenoxy) is 4. The third-order valence-corrected chi connectivity index (χ3v) is 6.44. The molecule has 0 radical (unpaired) electrons. The Morgan fingerprint density at radius 2 is 1.59 bits per heavy atom. The van der Waals surface area contributed by atoms with Crippen LogP contribution in [0.2, 0.25) is 0 Å². The number of carbonyl (C=O) groups is 2. The Labute approximate surface area is 226 Å². The topological polar surface area (TPSA) is 77.5 Å². The molecule has 1 aliphatic rings. The number of rotatable bonds is 13. The number of alkyl halides is 3. The van der Waals surface area contributed by atoms with Gasteiger partial charge in [-0.1, -0.05) is 24.3 Å². The monoisotopic (exact) mass is 552 g/mol. The van der Waals surface area contributed by atoms with Gasteiger partial charge in [-0.2, -0.15) is 0 Å². The molecule has 214 valence electrons. The van der Waals surface area contributed by atoms with Crippen LogP contribution in [-0.4, -0.2) is 73.2 Å². The maximum Gasteiger partial charge on any atom is 0.573 e. The van der Waals surface area contributed by atoms with Gasteiger partial charge in [0.2, 0.25) is 0 Å². The first kappa shape index (κ1) is 30.1. The number of hydrogen-bond acceptors (Lipinski definition) is 6. The van der Waals surface area contributed by atoms with Gasteiger partial charge in [-0.25, -0.2) is 9.59 Å². The predicted octanol–water partition coefficient (Wildman–Crippen LogP) is 5.19. The third-order valence-electron chi connectivity index (χ3n) is 6.44. The Bertz CT molecular complexity index is 1090. The minimum Gasteiger partial charge on any atom is -0.494 e. The molecular weight excluding hydrogens is 517 g/mol. The lowest BCUT2D eigenvalue weighted by molar-refractivity contribution is -0.274. The Balaban J connectivity index is 1.49. The van der Waals surface area contributed by atoms with Crippen molar-refractivity contribution in [3.05, 3.63) is 59.7 Å². The van der Waals surface area contributed by atoms with Crippen molar-refractivity contribution < 1.29 is 41.7 Å². The van der Waals surface area contributed by atoms with Crippen LogP contribution in [0.3, 0.4) is 0 Å². The highest BCUT2D eigenvalue weighted by atomic mass is 19.4. The van der Waals surface area contributed by atoms with E-state index in [4.69, 9.17) is 14.2 Å². The van der Waals surface area contributed by atoms with Crippen LogP contribution in [0.5, 0.6) is 11.5 Å². The smallest absolute Gasteiger partial charge is 0.494 e. The maximum atomic E-state index is 12.7. The molecular formula is C28H35F3N2O6. The quantitative estimate of drug-likeness (QED) is 0.319. The summed E-state index contributed by atoms with van der Waals surface area (Å²) in [6.45, 7) is 7.11. The second kappa shape index (κ2) is 13.1. The van der Waals surface area contributed by atoms with Crippen LogP contribution in [0.1, 0.15) is 38.3 Å². The van der Waals surface area contributed by atoms with Crippen molar-refractivity contribution in [3.63, 3.8) is 0 Å². The van der Waals surface area contributed by atoms with E-state index < -0.39 is 17.9 Å². The molecule has 1 saturated heterocycles. The van der Waals surface area contributed by atoms with Crippen LogP contribution in [0.15, 0.2) is 48.5 Å². The van der Waals surface area contributed by atoms with Gasteiger partial charge in [-0.05, 0) is 56.2 Å². The van der Waals surface area contributed by atoms with Gasteiger partial charge in [-0.15, -0.1) is 13.2 Å². The molecule has 2 amide bonds. The predicted molar refractivity (Wildman–Crippen MR) is 137 cm³/mol. The lowest BCUT2D eigenvalue weighted by Gasteiger charge is -2.27. The van der Waals surface area contributed by atoms with Gasteiger partial charge in [0.1, 0.15) is 11.5 Å². The molecule has 2 atom stereocenters. The molecule has 0 aromatic heterocycles. The SMILES string of the molecule is CCOC(=O)C(C)(Cc1ccc(OCCC2CN(Cc3ccc(OC(F)(F)F)cc3)C(=O)N2C)cc1)OCC. The molecule has 11 heteroatoms. The number of carbonyl (C=O) groups excluding carboxylic acids is 2. The number of nitrogens with zero attached hydrogens (tertiary/aromatic N) is 2. The number of amides is 2. The van der Waals surface area contributed by atoms with Gasteiger partial charge in [0, 0.05) is 39.6 Å². The van der Waals surface area contributed by atoms with Gasteiger partial charge >= 0.3 is 18.4 Å². The van der Waals surface area contributed by atoms with E-state index in [0.29, 0.717) is 43.9 Å². The molecule has 1 heterocycles. The first-order valence-corrected chi connectivity index (χ1v) is 12.8. The second-order valence-corrected chi connectivity index (χ2v) is 9.46. The van der Waals surface area contributed by atoms with E-state index in [9.17, 15) is 22.8 Å². The molecule has 0 spiro atoms. The molecule has 2 aromatic carbocycles. The number of hydrogen-bond donors (Lipinski definition) is 0. The fraction of sp³-hybridized carbons (Fsp3) is 0.500. The van der Waals surface area contributed by atoms with Gasteiger partial charge in [-0.3, -0.25) is 0 Å². The van der Waals surface area contributed by atoms with Crippen molar-refractivity contribution in [2.45, 2.75) is 58.2 Å². The van der Waals surface area contributed by atoms with Crippen LogP contribution in [-0.2, 0) is 27.2 Å². The summed E-state index contributed by atoms with van der Waals surface area (Å²) in [5.74, 6) is -0.0385. The number of halogens is 3. The van der Waals surface area contributed by atoms with E-state index in [-0.39, 0.29) is 31.0 Å². The highest BCUT2D eigenvalue weighted by Gasteiger charge is 2.36. The van der Waals surface area contributed by atoms with Crippen molar-refractivity contribution in [2.24, 2.45) is 0 Å². The zero-order valence-corrected chi connectivity index (χ0v) is 22.6. The molecule has 0 saturated carbocycles. The highest BCUT2D eigenvalue weighted by molar-refractivity contribution is 5.79. The fourth-order valence-electron chi connectivity index (χ4n) is 4.46. The summed E-state index contributed by atoms with van der Waals surface area (Å²) in [5, 5.41) is 0. The van der Waals surface area contributed by atoms with Crippen molar-refractivity contribution in [3.8, 4) is 11.5 Å². The number of urea groups is 1. The molecule has 1 aliphatic heterocycles. The fourth-order valence-corrected chi connectivity index (χ4v) is 4.46. The van der Waals surface area contributed by atoms with Crippen molar-refractivity contribution in [1.82, 2.24) is 9.80 Å². The minimum atomic E-state index is -4.75. The van der Waals surface area contributed by atoms with E-state index in [1.807, 2.05) is 31.2 Å². The average molecular weight is 553 g/mol. The van der Waals surface area contributed by atoms with E-state index in [1.54, 1.807) is 30.7 Å². The minimum absolute atomic E-state index is 0.0684. The normalized spacial score (nSPS) is 17.2. The Hall–Kier alpha value is -3.47. The second-order valence-electron chi connectivity index (χ2n) is 9.46. The molecule has 8 nitrogen and oxygen atoms in total. The van der Waals surface area contributed by atoms with Crippen LogP contribution in [0, 0.1) is 0 Å². The summed E-state index contributed by atoms with van der Waals surface area (Å²) < 4.78 is 57.7. The first-order chi connectivity index (χ1) is 18.4. The third kappa shape index (κ3) is 8.51. The van der Waals surface area contributed by atoms with Gasteiger partial charge in [0.25, 0.3) is 0 Å². The van der Waals surface area contributed by atoms with E-state index in [2.05, 4.69) is 4.74 Å². The number of likely N-dealkylation sites (N-methyl/N-ethyl adjacent to an activating group) is 1. The molecule has 2 aromatic rings. The first-order valence-electron chi connectivity index (χ1n) is 12.8. The summed E-state index contributed by atoms with van der Waals surface area (Å²) in [6.07, 6.45) is -3.78. The van der Waals surface area contributed by atoms with Crippen LogP contribution >= 0.6 is 0 Å². The van der Waals surface area contributed by atoms with Crippen molar-refractivity contribution >= 4 is 12.0 Å². The Morgan fingerprint density at radius 3 is 2.18 bits per heavy atom. The molecule has 3 rings (SSSR count). The molecule has 0 aliphatic carbocycles. The van der Waals surface area contributed by atoms with E-state index in [1.165, 1.54) is 24.3 Å². The molecule has 2 unspecified atom stereocenters. The lowest BCUT2D eigenvalue weighted by atomic mass is 9.96. The number of benzene rings is 2. The molecule has 0 N–H and O–H groups in total. The molecule has 39 heavy (non-hydrogen) atoms. The highest BCUT2D eigenvalue weighted by Crippen LogP contribution is 2.25. The van der Waals surface area contributed by atoms with Crippen molar-refractivity contribution in [2.75, 3.05) is 33.4 Å². The lowest BCUT2D eigenvalue weighted by Crippen LogP contribution is -2.42.